The summed E-state index contributed by atoms with van der Waals surface area (Å²) >= 11 is 0. The van der Waals surface area contributed by atoms with Crippen LogP contribution in [0.2, 0.25) is 0 Å². The zero-order chi connectivity index (χ0) is 13.5. The minimum Gasteiger partial charge on any atom is -0.313 e. The molecule has 1 N–H and O–H groups in total. The zero-order valence-electron chi connectivity index (χ0n) is 12.7. The summed E-state index contributed by atoms with van der Waals surface area (Å²) in [7, 11) is 4.52. The zero-order valence-corrected chi connectivity index (χ0v) is 12.7. The molecule has 1 aliphatic heterocycles. The Hall–Kier alpha value is -0.380. The van der Waals surface area contributed by atoms with Crippen LogP contribution in [-0.2, 0) is 0 Å². The maximum atomic E-state index is 4.03. The number of rotatable bonds is 6. The van der Waals surface area contributed by atoms with E-state index in [-0.39, 0.29) is 0 Å². The Balaban J connectivity index is 2.64. The van der Waals surface area contributed by atoms with Crippen molar-refractivity contribution in [2.24, 2.45) is 0 Å². The predicted octanol–water partition coefficient (Wildman–Crippen LogP) is 1.96. The second-order valence-corrected chi connectivity index (χ2v) is 5.82. The van der Waals surface area contributed by atoms with E-state index in [0.29, 0.717) is 12.1 Å². The number of hydrogen-bond donors (Lipinski definition) is 1. The summed E-state index contributed by atoms with van der Waals surface area (Å²) in [5, 5.41) is 3.68. The Bertz CT molecular complexity index is 252. The molecule has 2 atom stereocenters. The summed E-state index contributed by atoms with van der Waals surface area (Å²) in [5.74, 6) is 0. The van der Waals surface area contributed by atoms with Crippen LogP contribution in [0.5, 0.6) is 0 Å². The molecular weight excluding hydrogens is 222 g/mol. The molecule has 0 aromatic heterocycles. The molecule has 0 aromatic carbocycles. The van der Waals surface area contributed by atoms with E-state index in [1.165, 1.54) is 38.0 Å². The fourth-order valence-corrected chi connectivity index (χ4v) is 2.83. The van der Waals surface area contributed by atoms with E-state index < -0.39 is 0 Å². The van der Waals surface area contributed by atoms with Crippen molar-refractivity contribution >= 4 is 0 Å². The van der Waals surface area contributed by atoms with Gasteiger partial charge in [0.25, 0.3) is 0 Å². The molecule has 0 bridgehead atoms. The van der Waals surface area contributed by atoms with E-state index >= 15 is 0 Å². The van der Waals surface area contributed by atoms with Gasteiger partial charge in [0.1, 0.15) is 0 Å². The highest BCUT2D eigenvalue weighted by atomic mass is 15.2. The molecule has 3 heteroatoms. The average Bonchev–Trinajstić information content (AvgIpc) is 2.46. The van der Waals surface area contributed by atoms with Gasteiger partial charge >= 0.3 is 0 Å². The van der Waals surface area contributed by atoms with Crippen LogP contribution in [0.25, 0.3) is 0 Å². The lowest BCUT2D eigenvalue weighted by atomic mass is 9.99. The molecule has 18 heavy (non-hydrogen) atoms. The van der Waals surface area contributed by atoms with Crippen molar-refractivity contribution in [3.8, 4) is 0 Å². The summed E-state index contributed by atoms with van der Waals surface area (Å²) in [6.45, 7) is 13.0. The lowest BCUT2D eigenvalue weighted by molar-refractivity contribution is 0.173. The quantitative estimate of drug-likeness (QED) is 0.730. The van der Waals surface area contributed by atoms with E-state index in [9.17, 15) is 0 Å². The number of hydrogen-bond acceptors (Lipinski definition) is 3. The maximum absolute atomic E-state index is 4.03. The summed E-state index contributed by atoms with van der Waals surface area (Å²) in [4.78, 5) is 5.01. The highest BCUT2D eigenvalue weighted by Gasteiger charge is 2.27. The molecule has 1 aliphatic rings. The number of likely N-dealkylation sites (N-methyl/N-ethyl adjacent to an activating group) is 3. The monoisotopic (exact) mass is 253 g/mol. The van der Waals surface area contributed by atoms with E-state index in [0.717, 1.165) is 13.0 Å². The largest absolute Gasteiger partial charge is 0.313 e. The first-order valence-corrected chi connectivity index (χ1v) is 7.31. The van der Waals surface area contributed by atoms with Gasteiger partial charge in [-0.2, -0.15) is 0 Å². The maximum Gasteiger partial charge on any atom is 0.0373 e. The van der Waals surface area contributed by atoms with Crippen LogP contribution >= 0.6 is 0 Å². The van der Waals surface area contributed by atoms with Crippen molar-refractivity contribution in [2.75, 3.05) is 40.3 Å². The number of nitrogens with one attached hydrogen (secondary N) is 1. The SMILES string of the molecule is C=C(C)CCC(NCC)C1CN(C)CCCN1C. The molecule has 3 nitrogen and oxygen atoms in total. The first-order chi connectivity index (χ1) is 8.54. The second kappa shape index (κ2) is 7.93. The van der Waals surface area contributed by atoms with Crippen LogP contribution in [0.4, 0.5) is 0 Å². The molecule has 2 unspecified atom stereocenters. The second-order valence-electron chi connectivity index (χ2n) is 5.82. The van der Waals surface area contributed by atoms with Crippen molar-refractivity contribution in [1.29, 1.82) is 0 Å². The highest BCUT2D eigenvalue weighted by Crippen LogP contribution is 2.15. The summed E-state index contributed by atoms with van der Waals surface area (Å²) in [6, 6.07) is 1.20. The third-order valence-electron chi connectivity index (χ3n) is 3.93. The topological polar surface area (TPSA) is 18.5 Å². The van der Waals surface area contributed by atoms with Crippen molar-refractivity contribution in [3.63, 3.8) is 0 Å². The molecule has 1 rings (SSSR count). The van der Waals surface area contributed by atoms with E-state index in [1.807, 2.05) is 0 Å². The van der Waals surface area contributed by atoms with E-state index in [4.69, 9.17) is 0 Å². The molecule has 0 aliphatic carbocycles. The van der Waals surface area contributed by atoms with Gasteiger partial charge in [-0.05, 0) is 59.9 Å². The van der Waals surface area contributed by atoms with Crippen LogP contribution in [0.1, 0.15) is 33.1 Å². The van der Waals surface area contributed by atoms with Gasteiger partial charge in [0, 0.05) is 18.6 Å². The van der Waals surface area contributed by atoms with Crippen LogP contribution in [0, 0.1) is 0 Å². The van der Waals surface area contributed by atoms with Gasteiger partial charge in [0.2, 0.25) is 0 Å². The van der Waals surface area contributed by atoms with Crippen LogP contribution < -0.4 is 5.32 Å². The van der Waals surface area contributed by atoms with Crippen molar-refractivity contribution < 1.29 is 0 Å². The average molecular weight is 253 g/mol. The van der Waals surface area contributed by atoms with Gasteiger partial charge < -0.3 is 15.1 Å². The van der Waals surface area contributed by atoms with Gasteiger partial charge in [0.15, 0.2) is 0 Å². The van der Waals surface area contributed by atoms with Crippen LogP contribution in [0.15, 0.2) is 12.2 Å². The minimum atomic E-state index is 0.581. The molecule has 0 radical (unpaired) electrons. The van der Waals surface area contributed by atoms with Crippen molar-refractivity contribution in [1.82, 2.24) is 15.1 Å². The molecule has 106 valence electrons. The van der Waals surface area contributed by atoms with Gasteiger partial charge in [-0.1, -0.05) is 12.5 Å². The number of nitrogens with zero attached hydrogens (tertiary/aromatic N) is 2. The molecule has 0 amide bonds. The fourth-order valence-electron chi connectivity index (χ4n) is 2.83. The molecule has 0 aromatic rings. The van der Waals surface area contributed by atoms with Gasteiger partial charge in [-0.25, -0.2) is 0 Å². The number of allylic oxidation sites excluding steroid dienone is 1. The van der Waals surface area contributed by atoms with Crippen molar-refractivity contribution in [3.05, 3.63) is 12.2 Å². The summed E-state index contributed by atoms with van der Waals surface area (Å²) in [6.07, 6.45) is 3.61. The normalized spacial score (nSPS) is 24.8. The fraction of sp³-hybridized carbons (Fsp3) is 0.867. The minimum absolute atomic E-state index is 0.581. The molecule has 1 saturated heterocycles. The third kappa shape index (κ3) is 5.09. The smallest absolute Gasteiger partial charge is 0.0373 e. The summed E-state index contributed by atoms with van der Waals surface area (Å²) in [5.41, 5.74) is 1.29. The Morgan fingerprint density at radius 3 is 2.72 bits per heavy atom. The van der Waals surface area contributed by atoms with Crippen LogP contribution in [0.3, 0.4) is 0 Å². The standard InChI is InChI=1S/C15H31N3/c1-6-16-14(9-8-13(2)3)15-12-17(4)10-7-11-18(15)5/h14-16H,2,6-12H2,1,3-5H3. The van der Waals surface area contributed by atoms with E-state index in [2.05, 4.69) is 49.6 Å². The van der Waals surface area contributed by atoms with E-state index in [1.54, 1.807) is 0 Å². The van der Waals surface area contributed by atoms with Gasteiger partial charge in [-0.15, -0.1) is 6.58 Å². The molecule has 1 heterocycles. The Morgan fingerprint density at radius 1 is 1.39 bits per heavy atom. The lowest BCUT2D eigenvalue weighted by Gasteiger charge is -2.35. The summed E-state index contributed by atoms with van der Waals surface area (Å²) < 4.78 is 0. The molecular formula is C15H31N3. The molecule has 0 saturated carbocycles. The molecule has 1 fully saturated rings. The van der Waals surface area contributed by atoms with Crippen molar-refractivity contribution in [2.45, 2.75) is 45.2 Å². The molecule has 0 spiro atoms. The Labute approximate surface area is 113 Å². The first-order valence-electron chi connectivity index (χ1n) is 7.31. The Kier molecular flexibility index (Phi) is 6.90. The van der Waals surface area contributed by atoms with Crippen LogP contribution in [-0.4, -0.2) is 62.2 Å². The van der Waals surface area contributed by atoms with Gasteiger partial charge in [-0.3, -0.25) is 0 Å². The lowest BCUT2D eigenvalue weighted by Crippen LogP contribution is -2.52. The van der Waals surface area contributed by atoms with Gasteiger partial charge in [0.05, 0.1) is 0 Å². The predicted molar refractivity (Wildman–Crippen MR) is 80.0 cm³/mol. The first kappa shape index (κ1) is 15.7. The Morgan fingerprint density at radius 2 is 2.11 bits per heavy atom. The highest BCUT2D eigenvalue weighted by molar-refractivity contribution is 4.93. The third-order valence-corrected chi connectivity index (χ3v) is 3.93.